The predicted octanol–water partition coefficient (Wildman–Crippen LogP) is 5.20. The molecule has 0 saturated heterocycles. The molecule has 1 nitrogen and oxygen atoms in total. The lowest BCUT2D eigenvalue weighted by Gasteiger charge is -2.00. The normalized spacial score (nSPS) is 10.4. The van der Waals surface area contributed by atoms with Crippen LogP contribution >= 0.6 is 27.3 Å². The molecule has 1 aromatic heterocycles. The van der Waals surface area contributed by atoms with Crippen molar-refractivity contribution in [3.05, 3.63) is 57.9 Å². The minimum atomic E-state index is 0.773. The third-order valence-electron chi connectivity index (χ3n) is 2.81. The lowest BCUT2D eigenvalue weighted by atomic mass is 10.0. The van der Waals surface area contributed by atoms with Gasteiger partial charge in [0.1, 0.15) is 10.9 Å². The Labute approximate surface area is 117 Å². The molecule has 0 saturated carbocycles. The lowest BCUT2D eigenvalue weighted by molar-refractivity contribution is 1.52. The molecule has 0 fully saturated rings. The first-order valence-corrected chi connectivity index (χ1v) is 7.08. The summed E-state index contributed by atoms with van der Waals surface area (Å²) < 4.78 is 2.18. The summed E-state index contributed by atoms with van der Waals surface area (Å²) in [6, 6.07) is 18.5. The Hall–Kier alpha value is -1.63. The SMILES string of the molecule is N#Cc1sc2ccc(Br)cc2c1-c1ccccc1. The van der Waals surface area contributed by atoms with Crippen LogP contribution in [0.3, 0.4) is 0 Å². The van der Waals surface area contributed by atoms with Crippen molar-refractivity contribution in [3.8, 4) is 17.2 Å². The van der Waals surface area contributed by atoms with Crippen molar-refractivity contribution in [2.75, 3.05) is 0 Å². The highest BCUT2D eigenvalue weighted by molar-refractivity contribution is 9.10. The third-order valence-corrected chi connectivity index (χ3v) is 4.38. The lowest BCUT2D eigenvalue weighted by Crippen LogP contribution is -1.78. The van der Waals surface area contributed by atoms with Gasteiger partial charge in [0.25, 0.3) is 0 Å². The molecule has 0 radical (unpaired) electrons. The Morgan fingerprint density at radius 1 is 1.06 bits per heavy atom. The average molecular weight is 314 g/mol. The van der Waals surface area contributed by atoms with E-state index in [1.54, 1.807) is 11.3 Å². The van der Waals surface area contributed by atoms with Crippen LogP contribution < -0.4 is 0 Å². The molecule has 0 unspecified atom stereocenters. The molecular weight excluding hydrogens is 306 g/mol. The van der Waals surface area contributed by atoms with Crippen molar-refractivity contribution >= 4 is 37.4 Å². The van der Waals surface area contributed by atoms with E-state index in [-0.39, 0.29) is 0 Å². The maximum absolute atomic E-state index is 9.30. The van der Waals surface area contributed by atoms with Gasteiger partial charge in [0.15, 0.2) is 0 Å². The second kappa shape index (κ2) is 4.56. The van der Waals surface area contributed by atoms with E-state index in [1.807, 2.05) is 36.4 Å². The minimum Gasteiger partial charge on any atom is -0.192 e. The summed E-state index contributed by atoms with van der Waals surface area (Å²) in [4.78, 5) is 0.773. The highest BCUT2D eigenvalue weighted by Crippen LogP contribution is 2.39. The number of thiophene rings is 1. The van der Waals surface area contributed by atoms with Crippen LogP contribution in [0.25, 0.3) is 21.2 Å². The van der Waals surface area contributed by atoms with Crippen LogP contribution in [-0.4, -0.2) is 0 Å². The van der Waals surface area contributed by atoms with Crippen LogP contribution in [0, 0.1) is 11.3 Å². The molecule has 0 amide bonds. The van der Waals surface area contributed by atoms with Crippen LogP contribution in [-0.2, 0) is 0 Å². The van der Waals surface area contributed by atoms with E-state index < -0.39 is 0 Å². The highest BCUT2D eigenvalue weighted by atomic mass is 79.9. The molecule has 0 aliphatic carbocycles. The first kappa shape index (κ1) is 11.5. The molecule has 2 aromatic carbocycles. The number of fused-ring (bicyclic) bond motifs is 1. The molecular formula is C15H8BrNS. The Morgan fingerprint density at radius 2 is 1.83 bits per heavy atom. The molecule has 86 valence electrons. The summed E-state index contributed by atoms with van der Waals surface area (Å²) in [5, 5.41) is 10.4. The van der Waals surface area contributed by atoms with E-state index in [0.717, 1.165) is 30.6 Å². The summed E-state index contributed by atoms with van der Waals surface area (Å²) in [5.74, 6) is 0. The zero-order valence-electron chi connectivity index (χ0n) is 9.35. The van der Waals surface area contributed by atoms with Crippen LogP contribution in [0.1, 0.15) is 4.88 Å². The Balaban J connectivity index is 2.40. The van der Waals surface area contributed by atoms with E-state index in [4.69, 9.17) is 0 Å². The monoisotopic (exact) mass is 313 g/mol. The second-order valence-corrected chi connectivity index (χ2v) is 5.89. The van der Waals surface area contributed by atoms with Crippen molar-refractivity contribution in [1.29, 1.82) is 5.26 Å². The Bertz CT molecular complexity index is 753. The highest BCUT2D eigenvalue weighted by Gasteiger charge is 2.13. The first-order valence-electron chi connectivity index (χ1n) is 5.47. The molecule has 3 heteroatoms. The fourth-order valence-corrected chi connectivity index (χ4v) is 3.40. The van der Waals surface area contributed by atoms with E-state index >= 15 is 0 Å². The topological polar surface area (TPSA) is 23.8 Å². The minimum absolute atomic E-state index is 0.773. The summed E-state index contributed by atoms with van der Waals surface area (Å²) in [6.45, 7) is 0. The zero-order chi connectivity index (χ0) is 12.5. The van der Waals surface area contributed by atoms with E-state index in [9.17, 15) is 5.26 Å². The number of hydrogen-bond donors (Lipinski definition) is 0. The smallest absolute Gasteiger partial charge is 0.113 e. The largest absolute Gasteiger partial charge is 0.192 e. The van der Waals surface area contributed by atoms with Crippen molar-refractivity contribution in [2.45, 2.75) is 0 Å². The number of nitriles is 1. The van der Waals surface area contributed by atoms with E-state index in [0.29, 0.717) is 0 Å². The van der Waals surface area contributed by atoms with Gasteiger partial charge in [0.2, 0.25) is 0 Å². The van der Waals surface area contributed by atoms with Gasteiger partial charge >= 0.3 is 0 Å². The second-order valence-electron chi connectivity index (χ2n) is 3.92. The maximum Gasteiger partial charge on any atom is 0.113 e. The Kier molecular flexibility index (Phi) is 2.91. The zero-order valence-corrected chi connectivity index (χ0v) is 11.8. The maximum atomic E-state index is 9.30. The number of nitrogens with zero attached hydrogens (tertiary/aromatic N) is 1. The quantitative estimate of drug-likeness (QED) is 0.605. The number of hydrogen-bond acceptors (Lipinski definition) is 2. The van der Waals surface area contributed by atoms with Crippen LogP contribution in [0.5, 0.6) is 0 Å². The van der Waals surface area contributed by atoms with Gasteiger partial charge in [-0.05, 0) is 23.8 Å². The predicted molar refractivity (Wildman–Crippen MR) is 79.7 cm³/mol. The molecule has 0 aliphatic rings. The summed E-state index contributed by atoms with van der Waals surface area (Å²) in [6.07, 6.45) is 0. The fourth-order valence-electron chi connectivity index (χ4n) is 2.04. The molecule has 0 N–H and O–H groups in total. The standard InChI is InChI=1S/C15H8BrNS/c16-11-6-7-13-12(8-11)15(14(9-17)18-13)10-4-2-1-3-5-10/h1-8H. The van der Waals surface area contributed by atoms with Gasteiger partial charge in [-0.2, -0.15) is 5.26 Å². The van der Waals surface area contributed by atoms with Crippen molar-refractivity contribution in [3.63, 3.8) is 0 Å². The van der Waals surface area contributed by atoms with Crippen molar-refractivity contribution in [2.24, 2.45) is 0 Å². The summed E-state index contributed by atoms with van der Waals surface area (Å²) in [5.41, 5.74) is 2.14. The van der Waals surface area contributed by atoms with Crippen molar-refractivity contribution < 1.29 is 0 Å². The van der Waals surface area contributed by atoms with Gasteiger partial charge in [0.05, 0.1) is 0 Å². The van der Waals surface area contributed by atoms with Crippen molar-refractivity contribution in [1.82, 2.24) is 0 Å². The number of halogens is 1. The van der Waals surface area contributed by atoms with E-state index in [1.165, 1.54) is 0 Å². The number of benzene rings is 2. The van der Waals surface area contributed by atoms with Crippen LogP contribution in [0.2, 0.25) is 0 Å². The Morgan fingerprint density at radius 3 is 2.56 bits per heavy atom. The first-order chi connectivity index (χ1) is 8.79. The fraction of sp³-hybridized carbons (Fsp3) is 0. The molecule has 3 aromatic rings. The molecule has 0 bridgehead atoms. The average Bonchev–Trinajstić information content (AvgIpc) is 2.77. The molecule has 3 rings (SSSR count). The van der Waals surface area contributed by atoms with Crippen LogP contribution in [0.4, 0.5) is 0 Å². The molecule has 0 aliphatic heterocycles. The molecule has 18 heavy (non-hydrogen) atoms. The van der Waals surface area contributed by atoms with Gasteiger partial charge in [-0.15, -0.1) is 11.3 Å². The summed E-state index contributed by atoms with van der Waals surface area (Å²) in [7, 11) is 0. The number of rotatable bonds is 1. The van der Waals surface area contributed by atoms with Gasteiger partial charge in [-0.1, -0.05) is 46.3 Å². The molecule has 0 atom stereocenters. The van der Waals surface area contributed by atoms with Gasteiger partial charge < -0.3 is 0 Å². The molecule has 1 heterocycles. The van der Waals surface area contributed by atoms with Crippen LogP contribution in [0.15, 0.2) is 53.0 Å². The van der Waals surface area contributed by atoms with Gasteiger partial charge in [-0.3, -0.25) is 0 Å². The van der Waals surface area contributed by atoms with Gasteiger partial charge in [0, 0.05) is 20.1 Å². The molecule has 0 spiro atoms. The summed E-state index contributed by atoms with van der Waals surface area (Å²) >= 11 is 5.04. The third kappa shape index (κ3) is 1.84. The van der Waals surface area contributed by atoms with E-state index in [2.05, 4.69) is 34.1 Å². The van der Waals surface area contributed by atoms with Gasteiger partial charge in [-0.25, -0.2) is 0 Å².